The van der Waals surface area contributed by atoms with Gasteiger partial charge in [-0.3, -0.25) is 0 Å². The lowest BCUT2D eigenvalue weighted by Gasteiger charge is -2.32. The summed E-state index contributed by atoms with van der Waals surface area (Å²) in [7, 11) is 0. The molecule has 3 heteroatoms. The third-order valence-corrected chi connectivity index (χ3v) is 3.71. The second kappa shape index (κ2) is 6.32. The Kier molecular flexibility index (Phi) is 4.49. The molecule has 3 atom stereocenters. The molecule has 18 heavy (non-hydrogen) atoms. The molecule has 94 valence electrons. The molecule has 3 nitrogen and oxygen atoms in total. The second-order valence-electron chi connectivity index (χ2n) is 4.87. The minimum absolute atomic E-state index is 0.0329. The molecule has 1 N–H and O–H groups in total. The van der Waals surface area contributed by atoms with Crippen LogP contribution in [-0.4, -0.2) is 18.9 Å². The summed E-state index contributed by atoms with van der Waals surface area (Å²) in [6.07, 6.45) is 3.50. The van der Waals surface area contributed by atoms with Crippen molar-refractivity contribution in [1.29, 1.82) is 5.26 Å². The Morgan fingerprint density at radius 1 is 1.44 bits per heavy atom. The average molecular weight is 242 g/mol. The number of nitriles is 1. The van der Waals surface area contributed by atoms with Gasteiger partial charge in [0.1, 0.15) is 6.29 Å². The summed E-state index contributed by atoms with van der Waals surface area (Å²) in [5, 5.41) is 12.1. The lowest BCUT2D eigenvalue weighted by Crippen LogP contribution is -2.39. The molecule has 1 aliphatic rings. The Balaban J connectivity index is 2.09. The zero-order valence-electron chi connectivity index (χ0n) is 10.4. The molecule has 0 aliphatic carbocycles. The molecule has 1 fully saturated rings. The van der Waals surface area contributed by atoms with Crippen LogP contribution in [0.2, 0.25) is 0 Å². The lowest BCUT2D eigenvalue weighted by atomic mass is 9.78. The third kappa shape index (κ3) is 2.96. The SMILES string of the molecule is N#CC[C@H]1CC([C@@H](C=O)c2ccccc2)CCN1. The molecule has 1 aliphatic heterocycles. The summed E-state index contributed by atoms with van der Waals surface area (Å²) in [4.78, 5) is 11.4. The number of aldehydes is 1. The molecular weight excluding hydrogens is 224 g/mol. The number of piperidine rings is 1. The Morgan fingerprint density at radius 2 is 2.22 bits per heavy atom. The van der Waals surface area contributed by atoms with Crippen molar-refractivity contribution >= 4 is 6.29 Å². The van der Waals surface area contributed by atoms with Gasteiger partial charge in [0.2, 0.25) is 0 Å². The summed E-state index contributed by atoms with van der Waals surface area (Å²) in [5.74, 6) is 0.319. The first-order valence-corrected chi connectivity index (χ1v) is 6.45. The molecule has 2 rings (SSSR count). The van der Waals surface area contributed by atoms with Crippen LogP contribution >= 0.6 is 0 Å². The first-order valence-electron chi connectivity index (χ1n) is 6.45. The number of rotatable bonds is 4. The van der Waals surface area contributed by atoms with E-state index in [4.69, 9.17) is 5.26 Å². The van der Waals surface area contributed by atoms with Gasteiger partial charge in [-0.1, -0.05) is 30.3 Å². The van der Waals surface area contributed by atoms with Crippen LogP contribution in [0, 0.1) is 17.2 Å². The van der Waals surface area contributed by atoms with Gasteiger partial charge in [0.05, 0.1) is 12.5 Å². The number of benzene rings is 1. The quantitative estimate of drug-likeness (QED) is 0.824. The fourth-order valence-electron chi connectivity index (χ4n) is 2.77. The molecule has 0 amide bonds. The molecule has 0 radical (unpaired) electrons. The molecule has 1 aromatic rings. The van der Waals surface area contributed by atoms with Crippen LogP contribution in [0.25, 0.3) is 0 Å². The van der Waals surface area contributed by atoms with Gasteiger partial charge in [-0.15, -0.1) is 0 Å². The van der Waals surface area contributed by atoms with Crippen molar-refractivity contribution in [2.24, 2.45) is 5.92 Å². The minimum Gasteiger partial charge on any atom is -0.313 e. The molecule has 1 aromatic carbocycles. The Hall–Kier alpha value is -1.66. The van der Waals surface area contributed by atoms with E-state index < -0.39 is 0 Å². The minimum atomic E-state index is -0.0329. The van der Waals surface area contributed by atoms with Crippen LogP contribution in [0.4, 0.5) is 0 Å². The normalized spacial score (nSPS) is 25.1. The maximum Gasteiger partial charge on any atom is 0.127 e. The smallest absolute Gasteiger partial charge is 0.127 e. The van der Waals surface area contributed by atoms with E-state index in [9.17, 15) is 4.79 Å². The average Bonchev–Trinajstić information content (AvgIpc) is 2.42. The number of hydrogen-bond acceptors (Lipinski definition) is 3. The van der Waals surface area contributed by atoms with E-state index in [1.54, 1.807) is 0 Å². The predicted molar refractivity (Wildman–Crippen MR) is 70.0 cm³/mol. The Morgan fingerprint density at radius 3 is 2.89 bits per heavy atom. The van der Waals surface area contributed by atoms with Crippen molar-refractivity contribution in [2.45, 2.75) is 31.2 Å². The number of carbonyl (C=O) groups is 1. The zero-order chi connectivity index (χ0) is 12.8. The van der Waals surface area contributed by atoms with Crippen molar-refractivity contribution in [3.8, 4) is 6.07 Å². The van der Waals surface area contributed by atoms with Crippen molar-refractivity contribution in [3.05, 3.63) is 35.9 Å². The van der Waals surface area contributed by atoms with E-state index in [0.29, 0.717) is 12.3 Å². The van der Waals surface area contributed by atoms with Gasteiger partial charge in [-0.05, 0) is 30.9 Å². The van der Waals surface area contributed by atoms with E-state index in [2.05, 4.69) is 11.4 Å². The zero-order valence-corrected chi connectivity index (χ0v) is 10.4. The molecule has 1 heterocycles. The maximum absolute atomic E-state index is 11.4. The van der Waals surface area contributed by atoms with Crippen LogP contribution in [0.5, 0.6) is 0 Å². The van der Waals surface area contributed by atoms with Gasteiger partial charge >= 0.3 is 0 Å². The van der Waals surface area contributed by atoms with Crippen LogP contribution < -0.4 is 5.32 Å². The van der Waals surface area contributed by atoms with Crippen LogP contribution in [0.1, 0.15) is 30.7 Å². The molecule has 0 bridgehead atoms. The van der Waals surface area contributed by atoms with Gasteiger partial charge < -0.3 is 10.1 Å². The maximum atomic E-state index is 11.4. The summed E-state index contributed by atoms with van der Waals surface area (Å²) >= 11 is 0. The van der Waals surface area contributed by atoms with Gasteiger partial charge in [0, 0.05) is 12.0 Å². The number of hydrogen-bond donors (Lipinski definition) is 1. The molecule has 0 spiro atoms. The predicted octanol–water partition coefficient (Wildman–Crippen LogP) is 2.25. The summed E-state index contributed by atoms with van der Waals surface area (Å²) < 4.78 is 0. The van der Waals surface area contributed by atoms with Crippen LogP contribution in [0.15, 0.2) is 30.3 Å². The van der Waals surface area contributed by atoms with Crippen molar-refractivity contribution in [1.82, 2.24) is 5.32 Å². The standard InChI is InChI=1S/C15H18N2O/c16-8-6-14-10-13(7-9-17-14)15(11-18)12-4-2-1-3-5-12/h1-5,11,13-15,17H,6-7,9-10H2/t13?,14-,15-/m0/s1. The van der Waals surface area contributed by atoms with Crippen molar-refractivity contribution in [3.63, 3.8) is 0 Å². The summed E-state index contributed by atoms with van der Waals surface area (Å²) in [6, 6.07) is 12.4. The first-order chi connectivity index (χ1) is 8.85. The lowest BCUT2D eigenvalue weighted by molar-refractivity contribution is -0.110. The highest BCUT2D eigenvalue weighted by Crippen LogP contribution is 2.31. The molecule has 1 unspecified atom stereocenters. The molecule has 1 saturated heterocycles. The topological polar surface area (TPSA) is 52.9 Å². The van der Waals surface area contributed by atoms with Crippen molar-refractivity contribution in [2.75, 3.05) is 6.54 Å². The van der Waals surface area contributed by atoms with E-state index in [0.717, 1.165) is 31.2 Å². The van der Waals surface area contributed by atoms with E-state index in [-0.39, 0.29) is 12.0 Å². The third-order valence-electron chi connectivity index (χ3n) is 3.71. The van der Waals surface area contributed by atoms with Crippen LogP contribution in [0.3, 0.4) is 0 Å². The second-order valence-corrected chi connectivity index (χ2v) is 4.87. The highest BCUT2D eigenvalue weighted by atomic mass is 16.1. The summed E-state index contributed by atoms with van der Waals surface area (Å²) in [6.45, 7) is 0.897. The molecule has 0 saturated carbocycles. The largest absolute Gasteiger partial charge is 0.313 e. The van der Waals surface area contributed by atoms with Crippen LogP contribution in [-0.2, 0) is 4.79 Å². The number of carbonyl (C=O) groups excluding carboxylic acids is 1. The molecule has 0 aromatic heterocycles. The van der Waals surface area contributed by atoms with E-state index in [1.165, 1.54) is 0 Å². The first kappa shape index (κ1) is 12.8. The number of nitrogens with one attached hydrogen (secondary N) is 1. The highest BCUT2D eigenvalue weighted by molar-refractivity contribution is 5.62. The Labute approximate surface area is 108 Å². The van der Waals surface area contributed by atoms with Gasteiger partial charge in [-0.2, -0.15) is 5.26 Å². The fraction of sp³-hybridized carbons (Fsp3) is 0.467. The molecular formula is C15H18N2O. The summed E-state index contributed by atoms with van der Waals surface area (Å²) in [5.41, 5.74) is 1.09. The van der Waals surface area contributed by atoms with Gasteiger partial charge in [0.25, 0.3) is 0 Å². The van der Waals surface area contributed by atoms with E-state index >= 15 is 0 Å². The van der Waals surface area contributed by atoms with Crippen molar-refractivity contribution < 1.29 is 4.79 Å². The highest BCUT2D eigenvalue weighted by Gasteiger charge is 2.28. The fourth-order valence-corrected chi connectivity index (χ4v) is 2.77. The number of nitrogens with zero attached hydrogens (tertiary/aromatic N) is 1. The van der Waals surface area contributed by atoms with E-state index in [1.807, 2.05) is 30.3 Å². The monoisotopic (exact) mass is 242 g/mol. The van der Waals surface area contributed by atoms with Gasteiger partial charge in [0.15, 0.2) is 0 Å². The van der Waals surface area contributed by atoms with Gasteiger partial charge in [-0.25, -0.2) is 0 Å². The Bertz CT molecular complexity index is 424.